The van der Waals surface area contributed by atoms with Gasteiger partial charge in [0.1, 0.15) is 0 Å². The van der Waals surface area contributed by atoms with Crippen LogP contribution in [0.1, 0.15) is 16.7 Å². The summed E-state index contributed by atoms with van der Waals surface area (Å²) in [4.78, 5) is 11.7. The van der Waals surface area contributed by atoms with Crippen LogP contribution in [0.4, 0.5) is 4.79 Å². The van der Waals surface area contributed by atoms with Gasteiger partial charge >= 0.3 is 6.03 Å². The highest BCUT2D eigenvalue weighted by molar-refractivity contribution is 7.84. The van der Waals surface area contributed by atoms with Gasteiger partial charge in [-0.05, 0) is 18.1 Å². The fourth-order valence-corrected chi connectivity index (χ4v) is 3.10. The predicted octanol–water partition coefficient (Wildman–Crippen LogP) is 2.74. The third-order valence-electron chi connectivity index (χ3n) is 3.36. The first-order chi connectivity index (χ1) is 11.1. The van der Waals surface area contributed by atoms with Crippen molar-refractivity contribution >= 4 is 16.8 Å². The number of carbonyl (C=O) groups is 1. The van der Waals surface area contributed by atoms with E-state index < -0.39 is 10.8 Å². The smallest absolute Gasteiger partial charge is 0.315 e. The first kappa shape index (κ1) is 17.2. The van der Waals surface area contributed by atoms with E-state index in [1.54, 1.807) is 0 Å². The van der Waals surface area contributed by atoms with Crippen LogP contribution in [0.3, 0.4) is 0 Å². The van der Waals surface area contributed by atoms with Gasteiger partial charge in [0.15, 0.2) is 0 Å². The first-order valence-corrected chi connectivity index (χ1v) is 9.08. The van der Waals surface area contributed by atoms with Crippen LogP contribution >= 0.6 is 0 Å². The lowest BCUT2D eigenvalue weighted by molar-refractivity contribution is 0.241. The largest absolute Gasteiger partial charge is 0.337 e. The maximum atomic E-state index is 11.9. The molecule has 0 saturated heterocycles. The fourth-order valence-electron chi connectivity index (χ4n) is 2.06. The molecule has 0 aliphatic heterocycles. The van der Waals surface area contributed by atoms with Crippen molar-refractivity contribution in [1.82, 2.24) is 10.6 Å². The Bertz CT molecular complexity index is 642. The molecule has 2 aromatic rings. The Morgan fingerprint density at radius 3 is 2.35 bits per heavy atom. The number of urea groups is 1. The van der Waals surface area contributed by atoms with Crippen LogP contribution in [0.25, 0.3) is 0 Å². The normalized spacial score (nSPS) is 11.7. The van der Waals surface area contributed by atoms with Crippen LogP contribution < -0.4 is 10.6 Å². The minimum absolute atomic E-state index is 0.234. The Balaban J connectivity index is 1.62. The van der Waals surface area contributed by atoms with Crippen molar-refractivity contribution in [2.24, 2.45) is 0 Å². The van der Waals surface area contributed by atoms with Gasteiger partial charge in [-0.15, -0.1) is 0 Å². The number of nitrogens with one attached hydrogen (secondary N) is 2. The van der Waals surface area contributed by atoms with Crippen LogP contribution in [-0.2, 0) is 23.1 Å². The molecule has 5 heteroatoms. The summed E-state index contributed by atoms with van der Waals surface area (Å²) in [6.45, 7) is 2.91. The maximum absolute atomic E-state index is 11.9. The Labute approximate surface area is 139 Å². The van der Waals surface area contributed by atoms with Gasteiger partial charge in [-0.25, -0.2) is 4.79 Å². The van der Waals surface area contributed by atoms with Crippen LogP contribution in [0.5, 0.6) is 0 Å². The lowest BCUT2D eigenvalue weighted by atomic mass is 10.1. The van der Waals surface area contributed by atoms with E-state index in [-0.39, 0.29) is 6.03 Å². The Kier molecular flexibility index (Phi) is 6.81. The second-order valence-corrected chi connectivity index (χ2v) is 6.95. The van der Waals surface area contributed by atoms with E-state index in [1.807, 2.05) is 61.5 Å². The average Bonchev–Trinajstić information content (AvgIpc) is 2.55. The molecule has 1 atom stereocenters. The summed E-state index contributed by atoms with van der Waals surface area (Å²) >= 11 is 0. The molecule has 2 rings (SSSR count). The van der Waals surface area contributed by atoms with Crippen LogP contribution in [-0.4, -0.2) is 22.5 Å². The molecule has 0 heterocycles. The van der Waals surface area contributed by atoms with Gasteiger partial charge in [0.05, 0.1) is 0 Å². The highest BCUT2D eigenvalue weighted by atomic mass is 32.2. The van der Waals surface area contributed by atoms with E-state index in [0.717, 1.165) is 11.1 Å². The molecule has 0 bridgehead atoms. The van der Waals surface area contributed by atoms with Crippen molar-refractivity contribution in [3.8, 4) is 0 Å². The highest BCUT2D eigenvalue weighted by Gasteiger charge is 2.04. The van der Waals surface area contributed by atoms with Gasteiger partial charge in [0.2, 0.25) is 0 Å². The van der Waals surface area contributed by atoms with Crippen LogP contribution in [0.15, 0.2) is 54.6 Å². The Morgan fingerprint density at radius 2 is 1.65 bits per heavy atom. The molecule has 0 radical (unpaired) electrons. The average molecular weight is 330 g/mol. The molecule has 0 aromatic heterocycles. The molecule has 2 aromatic carbocycles. The zero-order chi connectivity index (χ0) is 16.5. The summed E-state index contributed by atoms with van der Waals surface area (Å²) in [5, 5.41) is 5.53. The molecule has 2 N–H and O–H groups in total. The molecular weight excluding hydrogens is 308 g/mol. The number of amides is 2. The lowest BCUT2D eigenvalue weighted by Gasteiger charge is -2.08. The number of carbonyl (C=O) groups excluding carboxylic acids is 1. The SMILES string of the molecule is Cc1ccc(CNC(=O)NCC[S@](=O)Cc2ccccc2)cc1. The predicted molar refractivity (Wildman–Crippen MR) is 94.6 cm³/mol. The molecular formula is C18H22N2O2S. The van der Waals surface area contributed by atoms with E-state index in [2.05, 4.69) is 10.6 Å². The molecule has 4 nitrogen and oxygen atoms in total. The van der Waals surface area contributed by atoms with E-state index >= 15 is 0 Å². The van der Waals surface area contributed by atoms with Gasteiger partial charge in [-0.3, -0.25) is 4.21 Å². The third kappa shape index (κ3) is 6.65. The van der Waals surface area contributed by atoms with Crippen molar-refractivity contribution < 1.29 is 9.00 Å². The van der Waals surface area contributed by atoms with Crippen LogP contribution in [0, 0.1) is 6.92 Å². The van der Waals surface area contributed by atoms with Crippen molar-refractivity contribution in [2.45, 2.75) is 19.2 Å². The van der Waals surface area contributed by atoms with E-state index in [0.29, 0.717) is 24.6 Å². The van der Waals surface area contributed by atoms with E-state index in [1.165, 1.54) is 5.56 Å². The number of hydrogen-bond acceptors (Lipinski definition) is 2. The summed E-state index contributed by atoms with van der Waals surface area (Å²) < 4.78 is 11.9. The van der Waals surface area contributed by atoms with Gasteiger partial charge < -0.3 is 10.6 Å². The van der Waals surface area contributed by atoms with Crippen molar-refractivity contribution in [3.63, 3.8) is 0 Å². The van der Waals surface area contributed by atoms with Gasteiger partial charge in [0, 0.05) is 35.4 Å². The molecule has 0 aliphatic carbocycles. The van der Waals surface area contributed by atoms with Gasteiger partial charge in [0.25, 0.3) is 0 Å². The summed E-state index contributed by atoms with van der Waals surface area (Å²) in [7, 11) is -0.972. The zero-order valence-electron chi connectivity index (χ0n) is 13.2. The van der Waals surface area contributed by atoms with E-state index in [4.69, 9.17) is 0 Å². The van der Waals surface area contributed by atoms with Crippen molar-refractivity contribution in [2.75, 3.05) is 12.3 Å². The minimum Gasteiger partial charge on any atom is -0.337 e. The highest BCUT2D eigenvalue weighted by Crippen LogP contribution is 2.03. The number of rotatable bonds is 7. The summed E-state index contributed by atoms with van der Waals surface area (Å²) in [5.74, 6) is 0.973. The van der Waals surface area contributed by atoms with E-state index in [9.17, 15) is 9.00 Å². The monoisotopic (exact) mass is 330 g/mol. The summed E-state index contributed by atoms with van der Waals surface area (Å²) in [6, 6.07) is 17.5. The topological polar surface area (TPSA) is 58.2 Å². The molecule has 23 heavy (non-hydrogen) atoms. The molecule has 0 unspecified atom stereocenters. The summed E-state index contributed by atoms with van der Waals surface area (Å²) in [5.41, 5.74) is 3.30. The summed E-state index contributed by atoms with van der Waals surface area (Å²) in [6.07, 6.45) is 0. The Hall–Kier alpha value is -2.14. The number of hydrogen-bond donors (Lipinski definition) is 2. The fraction of sp³-hybridized carbons (Fsp3) is 0.278. The van der Waals surface area contributed by atoms with Crippen molar-refractivity contribution in [1.29, 1.82) is 0 Å². The number of benzene rings is 2. The van der Waals surface area contributed by atoms with Crippen molar-refractivity contribution in [3.05, 3.63) is 71.3 Å². The Morgan fingerprint density at radius 1 is 0.957 bits per heavy atom. The molecule has 2 amide bonds. The maximum Gasteiger partial charge on any atom is 0.315 e. The molecule has 122 valence electrons. The third-order valence-corrected chi connectivity index (χ3v) is 4.67. The zero-order valence-corrected chi connectivity index (χ0v) is 14.1. The molecule has 0 saturated carbocycles. The second-order valence-electron chi connectivity index (χ2n) is 5.37. The van der Waals surface area contributed by atoms with Crippen LogP contribution in [0.2, 0.25) is 0 Å². The van der Waals surface area contributed by atoms with Gasteiger partial charge in [-0.2, -0.15) is 0 Å². The lowest BCUT2D eigenvalue weighted by Crippen LogP contribution is -2.37. The number of aryl methyl sites for hydroxylation is 1. The quantitative estimate of drug-likeness (QED) is 0.820. The minimum atomic E-state index is -0.972. The molecule has 0 spiro atoms. The molecule has 0 aliphatic rings. The van der Waals surface area contributed by atoms with Gasteiger partial charge in [-0.1, -0.05) is 60.2 Å². The molecule has 0 fully saturated rings. The first-order valence-electron chi connectivity index (χ1n) is 7.59. The second kappa shape index (κ2) is 9.10. The standard InChI is InChI=1S/C18H22N2O2S/c1-15-7-9-16(10-8-15)13-20-18(21)19-11-12-23(22)14-17-5-3-2-4-6-17/h2-10H,11-14H2,1H3,(H2,19,20,21)/t23-/m0/s1.